The number of halogens is 2. The van der Waals surface area contributed by atoms with Crippen LogP contribution in [0.1, 0.15) is 18.1 Å². The number of rotatable bonds is 13. The van der Waals surface area contributed by atoms with Crippen LogP contribution in [0.3, 0.4) is 0 Å². The largest absolute Gasteiger partial charge is 0.497 e. The zero-order valence-corrected chi connectivity index (χ0v) is 24.8. The predicted molar refractivity (Wildman–Crippen MR) is 160 cm³/mol. The third-order valence-electron chi connectivity index (χ3n) is 6.65. The first-order valence-corrected chi connectivity index (χ1v) is 15.0. The Labute approximate surface area is 254 Å². The molecular weight excluding hydrogens is 592 g/mol. The predicted octanol–water partition coefficient (Wildman–Crippen LogP) is 4.89. The second-order valence-electron chi connectivity index (χ2n) is 9.76. The van der Waals surface area contributed by atoms with Crippen LogP contribution in [0.15, 0.2) is 102 Å². The number of nitrogens with zero attached hydrogens (tertiary/aromatic N) is 1. The number of sulfonamides is 1. The van der Waals surface area contributed by atoms with E-state index >= 15 is 0 Å². The van der Waals surface area contributed by atoms with Crippen molar-refractivity contribution < 1.29 is 36.3 Å². The Kier molecular flexibility index (Phi) is 10.5. The first kappa shape index (κ1) is 32.0. The molecule has 0 fully saturated rings. The Balaban J connectivity index is 1.41. The Morgan fingerprint density at radius 3 is 1.93 bits per heavy atom. The van der Waals surface area contributed by atoms with E-state index in [1.54, 1.807) is 26.2 Å². The summed E-state index contributed by atoms with van der Waals surface area (Å²) in [5.74, 6) is -0.946. The Hall–Kier alpha value is -4.97. The van der Waals surface area contributed by atoms with Gasteiger partial charge in [-0.15, -0.1) is 0 Å². The van der Waals surface area contributed by atoms with Gasteiger partial charge in [0.05, 0.1) is 12.0 Å². The minimum absolute atomic E-state index is 0.0197. The lowest BCUT2D eigenvalue weighted by molar-refractivity contribution is -0.142. The summed E-state index contributed by atoms with van der Waals surface area (Å²) in [5, 5.41) is 2.82. The highest BCUT2D eigenvalue weighted by Gasteiger charge is 2.26. The standard InChI is InChI=1S/C32H31F2N3O6S/c1-22(32(39)35-19-23-5-13-28(42-2)14-6-23)37(20-24-3-7-25(33)8-4-24)31(38)21-43-29-15-17-30(18-16-29)44(40,41)36-27-11-9-26(34)10-12-27/h3-18,22,36H,19-21H2,1-2H3,(H,35,39). The first-order valence-electron chi connectivity index (χ1n) is 13.5. The first-order chi connectivity index (χ1) is 21.0. The quantitative estimate of drug-likeness (QED) is 0.219. The topological polar surface area (TPSA) is 114 Å². The van der Waals surface area contributed by atoms with Crippen molar-refractivity contribution in [3.63, 3.8) is 0 Å². The SMILES string of the molecule is COc1ccc(CNC(=O)C(C)N(Cc2ccc(F)cc2)C(=O)COc2ccc(S(=O)(=O)Nc3ccc(F)cc3)cc2)cc1. The molecule has 0 aliphatic rings. The highest BCUT2D eigenvalue weighted by molar-refractivity contribution is 7.92. The second-order valence-corrected chi connectivity index (χ2v) is 11.4. The molecule has 2 amide bonds. The van der Waals surface area contributed by atoms with Crippen molar-refractivity contribution in [1.29, 1.82) is 0 Å². The molecule has 0 radical (unpaired) electrons. The molecule has 0 saturated heterocycles. The fourth-order valence-corrected chi connectivity index (χ4v) is 5.18. The second kappa shape index (κ2) is 14.5. The lowest BCUT2D eigenvalue weighted by Gasteiger charge is -2.28. The molecule has 0 heterocycles. The van der Waals surface area contributed by atoms with Crippen molar-refractivity contribution in [2.24, 2.45) is 0 Å². The van der Waals surface area contributed by atoms with Crippen molar-refractivity contribution >= 4 is 27.5 Å². The van der Waals surface area contributed by atoms with Gasteiger partial charge in [0.1, 0.15) is 29.2 Å². The number of hydrogen-bond donors (Lipinski definition) is 2. The Morgan fingerprint density at radius 2 is 1.34 bits per heavy atom. The summed E-state index contributed by atoms with van der Waals surface area (Å²) >= 11 is 0. The van der Waals surface area contributed by atoms with Crippen LogP contribution in [0, 0.1) is 11.6 Å². The number of nitrogens with one attached hydrogen (secondary N) is 2. The van der Waals surface area contributed by atoms with Crippen LogP contribution in [0.25, 0.3) is 0 Å². The summed E-state index contributed by atoms with van der Waals surface area (Å²) in [6, 6.07) is 22.1. The normalized spacial score (nSPS) is 11.7. The van der Waals surface area contributed by atoms with Crippen LogP contribution in [-0.4, -0.2) is 44.9 Å². The summed E-state index contributed by atoms with van der Waals surface area (Å²) in [4.78, 5) is 27.7. The number of ether oxygens (including phenoxy) is 2. The van der Waals surface area contributed by atoms with E-state index < -0.39 is 46.1 Å². The van der Waals surface area contributed by atoms with E-state index in [9.17, 15) is 26.8 Å². The Morgan fingerprint density at radius 1 is 0.795 bits per heavy atom. The molecule has 9 nitrogen and oxygen atoms in total. The molecule has 44 heavy (non-hydrogen) atoms. The molecule has 0 aliphatic carbocycles. The van der Waals surface area contributed by atoms with Crippen molar-refractivity contribution in [3.05, 3.63) is 120 Å². The summed E-state index contributed by atoms with van der Waals surface area (Å²) in [6.45, 7) is 1.38. The van der Waals surface area contributed by atoms with E-state index in [1.807, 2.05) is 12.1 Å². The molecule has 1 unspecified atom stereocenters. The number of hydrogen-bond acceptors (Lipinski definition) is 6. The summed E-state index contributed by atoms with van der Waals surface area (Å²) in [6.07, 6.45) is 0. The molecule has 0 saturated carbocycles. The van der Waals surface area contributed by atoms with Crippen LogP contribution >= 0.6 is 0 Å². The summed E-state index contributed by atoms with van der Waals surface area (Å²) in [5.41, 5.74) is 1.64. The van der Waals surface area contributed by atoms with Gasteiger partial charge < -0.3 is 19.7 Å². The maximum atomic E-state index is 13.5. The molecule has 1 atom stereocenters. The van der Waals surface area contributed by atoms with Gasteiger partial charge in [0.25, 0.3) is 15.9 Å². The van der Waals surface area contributed by atoms with E-state index in [0.29, 0.717) is 11.3 Å². The lowest BCUT2D eigenvalue weighted by Crippen LogP contribution is -2.48. The molecule has 12 heteroatoms. The fraction of sp³-hybridized carbons (Fsp3) is 0.188. The molecule has 0 aromatic heterocycles. The average Bonchev–Trinajstić information content (AvgIpc) is 3.03. The third-order valence-corrected chi connectivity index (χ3v) is 8.05. The van der Waals surface area contributed by atoms with E-state index in [-0.39, 0.29) is 29.4 Å². The van der Waals surface area contributed by atoms with Gasteiger partial charge >= 0.3 is 0 Å². The van der Waals surface area contributed by atoms with Gasteiger partial charge in [0, 0.05) is 18.8 Å². The molecule has 0 spiro atoms. The fourth-order valence-electron chi connectivity index (χ4n) is 4.12. The maximum absolute atomic E-state index is 13.5. The minimum Gasteiger partial charge on any atom is -0.497 e. The lowest BCUT2D eigenvalue weighted by atomic mass is 10.1. The average molecular weight is 624 g/mol. The van der Waals surface area contributed by atoms with Gasteiger partial charge in [0.2, 0.25) is 5.91 Å². The van der Waals surface area contributed by atoms with Gasteiger partial charge in [-0.05, 0) is 90.8 Å². The van der Waals surface area contributed by atoms with Crippen LogP contribution in [0.4, 0.5) is 14.5 Å². The number of carbonyl (C=O) groups excluding carboxylic acids is 2. The van der Waals surface area contributed by atoms with Gasteiger partial charge in [-0.2, -0.15) is 0 Å². The number of carbonyl (C=O) groups is 2. The molecule has 230 valence electrons. The van der Waals surface area contributed by atoms with Crippen molar-refractivity contribution in [1.82, 2.24) is 10.2 Å². The van der Waals surface area contributed by atoms with Gasteiger partial charge in [-0.3, -0.25) is 14.3 Å². The van der Waals surface area contributed by atoms with E-state index in [1.165, 1.54) is 65.6 Å². The van der Waals surface area contributed by atoms with Crippen molar-refractivity contribution in [2.75, 3.05) is 18.4 Å². The molecule has 0 bridgehead atoms. The van der Waals surface area contributed by atoms with Crippen LogP contribution in [0.2, 0.25) is 0 Å². The molecule has 2 N–H and O–H groups in total. The Bertz CT molecular complexity index is 1670. The monoisotopic (exact) mass is 623 g/mol. The molecular formula is C32H31F2N3O6S. The molecule has 4 aromatic rings. The van der Waals surface area contributed by atoms with E-state index in [0.717, 1.165) is 17.7 Å². The van der Waals surface area contributed by atoms with Crippen LogP contribution in [-0.2, 0) is 32.7 Å². The third kappa shape index (κ3) is 8.77. The van der Waals surface area contributed by atoms with E-state index in [4.69, 9.17) is 9.47 Å². The van der Waals surface area contributed by atoms with Gasteiger partial charge in [-0.1, -0.05) is 24.3 Å². The van der Waals surface area contributed by atoms with Crippen molar-refractivity contribution in [3.8, 4) is 11.5 Å². The molecule has 4 rings (SSSR count). The van der Waals surface area contributed by atoms with Crippen LogP contribution < -0.4 is 19.5 Å². The highest BCUT2D eigenvalue weighted by Crippen LogP contribution is 2.20. The zero-order valence-electron chi connectivity index (χ0n) is 24.0. The summed E-state index contributed by atoms with van der Waals surface area (Å²) in [7, 11) is -2.40. The number of amides is 2. The highest BCUT2D eigenvalue weighted by atomic mass is 32.2. The number of benzene rings is 4. The maximum Gasteiger partial charge on any atom is 0.261 e. The number of anilines is 1. The molecule has 4 aromatic carbocycles. The smallest absolute Gasteiger partial charge is 0.261 e. The van der Waals surface area contributed by atoms with Crippen molar-refractivity contribution in [2.45, 2.75) is 31.0 Å². The van der Waals surface area contributed by atoms with E-state index in [2.05, 4.69) is 10.0 Å². The minimum atomic E-state index is -3.96. The van der Waals surface area contributed by atoms with Gasteiger partial charge in [-0.25, -0.2) is 17.2 Å². The number of methoxy groups -OCH3 is 1. The van der Waals surface area contributed by atoms with Crippen LogP contribution in [0.5, 0.6) is 11.5 Å². The molecule has 0 aliphatic heterocycles. The summed E-state index contributed by atoms with van der Waals surface area (Å²) < 4.78 is 65.1. The zero-order chi connectivity index (χ0) is 31.7. The van der Waals surface area contributed by atoms with Gasteiger partial charge in [0.15, 0.2) is 6.61 Å².